The number of phenols is 1. The van der Waals surface area contributed by atoms with Crippen molar-refractivity contribution in [3.8, 4) is 56.3 Å². The Hall–Kier alpha value is -6.00. The van der Waals surface area contributed by atoms with Crippen LogP contribution in [0.15, 0.2) is 146 Å². The van der Waals surface area contributed by atoms with Crippen molar-refractivity contribution in [3.63, 3.8) is 0 Å². The van der Waals surface area contributed by atoms with Gasteiger partial charge in [-0.1, -0.05) is 97.1 Å². The van der Waals surface area contributed by atoms with Crippen LogP contribution in [0.25, 0.3) is 72.4 Å². The van der Waals surface area contributed by atoms with Crippen molar-refractivity contribution in [3.05, 3.63) is 157 Å². The van der Waals surface area contributed by atoms with Gasteiger partial charge in [0.15, 0.2) is 0 Å². The van der Waals surface area contributed by atoms with Crippen LogP contribution in [-0.4, -0.2) is 19.6 Å². The average Bonchev–Trinajstić information content (AvgIpc) is 3.44. The molecule has 0 saturated heterocycles. The first-order chi connectivity index (χ1) is 22.5. The quantitative estimate of drug-likeness (QED) is 0.216. The molecule has 0 aliphatic carbocycles. The lowest BCUT2D eigenvalue weighted by Gasteiger charge is -2.15. The molecule has 8 rings (SSSR count). The predicted molar refractivity (Wildman–Crippen MR) is 189 cm³/mol. The van der Waals surface area contributed by atoms with Gasteiger partial charge in [-0.05, 0) is 89.7 Å². The fraction of sp³-hybridized carbons (Fsp3) is 0.0476. The van der Waals surface area contributed by atoms with Gasteiger partial charge in [-0.3, -0.25) is 9.55 Å². The number of hydrogen-bond acceptors (Lipinski definition) is 3. The lowest BCUT2D eigenvalue weighted by molar-refractivity contribution is 0.473. The summed E-state index contributed by atoms with van der Waals surface area (Å²) < 4.78 is 2.24. The Labute approximate surface area is 267 Å². The molecule has 0 aliphatic rings. The molecule has 4 heteroatoms. The first-order valence-electron chi connectivity index (χ1n) is 15.5. The second-order valence-electron chi connectivity index (χ2n) is 11.8. The average molecular weight is 594 g/mol. The first-order valence-corrected chi connectivity index (χ1v) is 15.5. The molecule has 0 unspecified atom stereocenters. The zero-order valence-electron chi connectivity index (χ0n) is 25.6. The summed E-state index contributed by atoms with van der Waals surface area (Å²) in [6, 6.07) is 48.2. The van der Waals surface area contributed by atoms with Gasteiger partial charge in [0, 0.05) is 28.1 Å². The van der Waals surface area contributed by atoms with Gasteiger partial charge in [0.05, 0.1) is 22.4 Å². The Balaban J connectivity index is 1.39. The van der Waals surface area contributed by atoms with Crippen LogP contribution in [0.5, 0.6) is 5.75 Å². The number of nitrogens with zero attached hydrogens (tertiary/aromatic N) is 3. The summed E-state index contributed by atoms with van der Waals surface area (Å²) in [5.41, 5.74) is 11.8. The molecular formula is C42H31N3O. The molecule has 0 atom stereocenters. The van der Waals surface area contributed by atoms with Crippen molar-refractivity contribution in [1.82, 2.24) is 14.5 Å². The number of pyridine rings is 2. The van der Waals surface area contributed by atoms with Crippen LogP contribution in [0.1, 0.15) is 11.1 Å². The van der Waals surface area contributed by atoms with Crippen LogP contribution < -0.4 is 0 Å². The van der Waals surface area contributed by atoms with Crippen LogP contribution in [0.4, 0.5) is 0 Å². The van der Waals surface area contributed by atoms with Crippen LogP contribution in [0.3, 0.4) is 0 Å². The minimum absolute atomic E-state index is 0.253. The van der Waals surface area contributed by atoms with Gasteiger partial charge in [0.25, 0.3) is 0 Å². The van der Waals surface area contributed by atoms with E-state index in [2.05, 4.69) is 108 Å². The molecule has 0 aliphatic heterocycles. The summed E-state index contributed by atoms with van der Waals surface area (Å²) >= 11 is 0. The maximum atomic E-state index is 11.2. The van der Waals surface area contributed by atoms with E-state index in [1.165, 1.54) is 0 Å². The Morgan fingerprint density at radius 2 is 1.20 bits per heavy atom. The zero-order valence-corrected chi connectivity index (χ0v) is 25.6. The molecule has 0 radical (unpaired) electrons. The molecule has 5 aromatic carbocycles. The van der Waals surface area contributed by atoms with E-state index >= 15 is 0 Å². The molecule has 3 aromatic heterocycles. The normalized spacial score (nSPS) is 11.3. The maximum absolute atomic E-state index is 11.2. The standard InChI is InChI=1S/C42H31N3O/c1-27-21-28(2)42(46)36(22-27)38-24-33(30-13-7-4-8-14-30)26-41(44-38)45-39-16-10-9-15-34(39)35-18-17-32(25-40(35)45)37-23-31(19-20-43-37)29-11-5-3-6-12-29/h3-26,46H,1-2H3. The van der Waals surface area contributed by atoms with Crippen molar-refractivity contribution in [2.45, 2.75) is 13.8 Å². The maximum Gasteiger partial charge on any atom is 0.138 e. The van der Waals surface area contributed by atoms with Crippen LogP contribution in [0.2, 0.25) is 0 Å². The summed E-state index contributed by atoms with van der Waals surface area (Å²) in [5, 5.41) is 13.5. The fourth-order valence-electron chi connectivity index (χ4n) is 6.50. The fourth-order valence-corrected chi connectivity index (χ4v) is 6.50. The highest BCUT2D eigenvalue weighted by Crippen LogP contribution is 2.38. The number of hydrogen-bond donors (Lipinski definition) is 1. The molecule has 0 fully saturated rings. The van der Waals surface area contributed by atoms with Crippen LogP contribution >= 0.6 is 0 Å². The van der Waals surface area contributed by atoms with Gasteiger partial charge in [-0.2, -0.15) is 0 Å². The Morgan fingerprint density at radius 3 is 1.98 bits per heavy atom. The van der Waals surface area contributed by atoms with Crippen LogP contribution in [-0.2, 0) is 0 Å². The summed E-state index contributed by atoms with van der Waals surface area (Å²) in [5.74, 6) is 1.03. The number of para-hydroxylation sites is 1. The van der Waals surface area contributed by atoms with Crippen molar-refractivity contribution in [1.29, 1.82) is 0 Å². The number of aromatic hydroxyl groups is 1. The molecule has 0 saturated carbocycles. The van der Waals surface area contributed by atoms with E-state index in [9.17, 15) is 5.11 Å². The van der Waals surface area contributed by atoms with Gasteiger partial charge in [0.1, 0.15) is 11.6 Å². The third-order valence-corrected chi connectivity index (χ3v) is 8.71. The molecular weight excluding hydrogens is 562 g/mol. The third kappa shape index (κ3) is 4.81. The molecule has 4 nitrogen and oxygen atoms in total. The number of aryl methyl sites for hydroxylation is 2. The van der Waals surface area contributed by atoms with Crippen molar-refractivity contribution in [2.75, 3.05) is 0 Å². The molecule has 3 heterocycles. The van der Waals surface area contributed by atoms with E-state index in [1.807, 2.05) is 56.4 Å². The van der Waals surface area contributed by atoms with E-state index in [0.29, 0.717) is 0 Å². The molecule has 0 amide bonds. The Kier molecular flexibility index (Phi) is 6.69. The van der Waals surface area contributed by atoms with E-state index in [1.54, 1.807) is 0 Å². The van der Waals surface area contributed by atoms with Crippen molar-refractivity contribution < 1.29 is 5.11 Å². The number of phenolic OH excluding ortho intramolecular Hbond substituents is 1. The first kappa shape index (κ1) is 27.5. The third-order valence-electron chi connectivity index (χ3n) is 8.71. The topological polar surface area (TPSA) is 50.9 Å². The number of rotatable bonds is 5. The predicted octanol–water partition coefficient (Wildman–Crippen LogP) is 10.6. The number of fused-ring (bicyclic) bond motifs is 3. The largest absolute Gasteiger partial charge is 0.507 e. The minimum atomic E-state index is 0.253. The molecule has 0 bridgehead atoms. The lowest BCUT2D eigenvalue weighted by Crippen LogP contribution is -2.01. The second-order valence-corrected chi connectivity index (χ2v) is 11.8. The van der Waals surface area contributed by atoms with Gasteiger partial charge in [0.2, 0.25) is 0 Å². The summed E-state index contributed by atoms with van der Waals surface area (Å²) in [7, 11) is 0. The number of benzene rings is 5. The summed E-state index contributed by atoms with van der Waals surface area (Å²) in [6.45, 7) is 3.98. The summed E-state index contributed by atoms with van der Waals surface area (Å²) in [4.78, 5) is 10.0. The Bertz CT molecular complexity index is 2390. The van der Waals surface area contributed by atoms with Crippen molar-refractivity contribution >= 4 is 21.8 Å². The van der Waals surface area contributed by atoms with Crippen molar-refractivity contribution in [2.24, 2.45) is 0 Å². The smallest absolute Gasteiger partial charge is 0.138 e. The molecule has 0 spiro atoms. The molecule has 8 aromatic rings. The van der Waals surface area contributed by atoms with Crippen LogP contribution in [0, 0.1) is 13.8 Å². The van der Waals surface area contributed by atoms with Gasteiger partial charge in [-0.15, -0.1) is 0 Å². The highest BCUT2D eigenvalue weighted by atomic mass is 16.3. The molecule has 1 N–H and O–H groups in total. The minimum Gasteiger partial charge on any atom is -0.507 e. The lowest BCUT2D eigenvalue weighted by atomic mass is 9.99. The van der Waals surface area contributed by atoms with Gasteiger partial charge in [-0.25, -0.2) is 4.98 Å². The van der Waals surface area contributed by atoms with Gasteiger partial charge < -0.3 is 5.11 Å². The monoisotopic (exact) mass is 593 g/mol. The van der Waals surface area contributed by atoms with E-state index in [4.69, 9.17) is 9.97 Å². The molecule has 220 valence electrons. The highest BCUT2D eigenvalue weighted by molar-refractivity contribution is 6.10. The van der Waals surface area contributed by atoms with Gasteiger partial charge >= 0.3 is 0 Å². The molecule has 46 heavy (non-hydrogen) atoms. The van der Waals surface area contributed by atoms with E-state index in [0.717, 1.165) is 83.5 Å². The number of aromatic nitrogens is 3. The highest BCUT2D eigenvalue weighted by Gasteiger charge is 2.18. The zero-order chi connectivity index (χ0) is 31.2. The Morgan fingerprint density at radius 1 is 0.522 bits per heavy atom. The SMILES string of the molecule is Cc1cc(C)c(O)c(-c2cc(-c3ccccc3)cc(-n3c4ccccc4c4ccc(-c5cc(-c6ccccc6)ccn5)cc43)n2)c1. The van der Waals surface area contributed by atoms with E-state index in [-0.39, 0.29) is 5.75 Å². The van der Waals surface area contributed by atoms with E-state index < -0.39 is 0 Å². The second kappa shape index (κ2) is 11.2. The summed E-state index contributed by atoms with van der Waals surface area (Å²) in [6.07, 6.45) is 1.88.